The fourth-order valence-corrected chi connectivity index (χ4v) is 3.65. The van der Waals surface area contributed by atoms with E-state index in [9.17, 15) is 4.79 Å². The van der Waals surface area contributed by atoms with Crippen LogP contribution in [-0.2, 0) is 17.6 Å². The average molecular weight is 329 g/mol. The Morgan fingerprint density at radius 1 is 1.23 bits per heavy atom. The Hall–Kier alpha value is -2.05. The molecule has 22 heavy (non-hydrogen) atoms. The molecule has 0 aliphatic heterocycles. The summed E-state index contributed by atoms with van der Waals surface area (Å²) in [6.07, 6.45) is 4.68. The predicted molar refractivity (Wildman–Crippen MR) is 90.1 cm³/mol. The van der Waals surface area contributed by atoms with Gasteiger partial charge in [0.05, 0.1) is 17.0 Å². The number of hydrogen-bond acceptors (Lipinski definition) is 5. The molecule has 0 fully saturated rings. The van der Waals surface area contributed by atoms with Crippen molar-refractivity contribution in [1.82, 2.24) is 15.3 Å². The fourth-order valence-electron chi connectivity index (χ4n) is 2.02. The smallest absolute Gasteiger partial charge is 0.226 e. The number of rotatable bonds is 6. The van der Waals surface area contributed by atoms with Crippen LogP contribution in [0.5, 0.6) is 0 Å². The van der Waals surface area contributed by atoms with Gasteiger partial charge in [-0.05, 0) is 29.5 Å². The van der Waals surface area contributed by atoms with Crippen LogP contribution in [0.3, 0.4) is 0 Å². The van der Waals surface area contributed by atoms with Gasteiger partial charge in [0.25, 0.3) is 0 Å². The molecule has 0 saturated heterocycles. The first-order chi connectivity index (χ1) is 10.8. The third-order valence-corrected chi connectivity index (χ3v) is 5.01. The lowest BCUT2D eigenvalue weighted by molar-refractivity contribution is -0.120. The van der Waals surface area contributed by atoms with Crippen LogP contribution in [-0.4, -0.2) is 22.4 Å². The number of nitrogens with zero attached hydrogens (tertiary/aromatic N) is 2. The first-order valence-electron chi connectivity index (χ1n) is 6.95. The average Bonchev–Trinajstić information content (AvgIpc) is 3.19. The topological polar surface area (TPSA) is 54.9 Å². The van der Waals surface area contributed by atoms with E-state index in [1.807, 2.05) is 41.2 Å². The zero-order chi connectivity index (χ0) is 15.2. The molecule has 0 aliphatic rings. The van der Waals surface area contributed by atoms with Gasteiger partial charge in [-0.15, -0.1) is 22.7 Å². The number of carbonyl (C=O) groups excluding carboxylic acids is 1. The highest BCUT2D eigenvalue weighted by molar-refractivity contribution is 7.20. The van der Waals surface area contributed by atoms with E-state index < -0.39 is 0 Å². The quantitative estimate of drug-likeness (QED) is 0.756. The van der Waals surface area contributed by atoms with Crippen molar-refractivity contribution in [2.24, 2.45) is 0 Å². The number of thiophene rings is 1. The molecule has 0 saturated carbocycles. The van der Waals surface area contributed by atoms with Gasteiger partial charge in [-0.3, -0.25) is 9.78 Å². The SMILES string of the molecule is O=C(Cc1csc(-c2cccs2)n1)NCCc1cccnc1. The fraction of sp³-hybridized carbons (Fsp3) is 0.188. The molecule has 3 heterocycles. The summed E-state index contributed by atoms with van der Waals surface area (Å²) >= 11 is 3.24. The third kappa shape index (κ3) is 3.99. The lowest BCUT2D eigenvalue weighted by Gasteiger charge is -2.03. The van der Waals surface area contributed by atoms with Gasteiger partial charge in [0.1, 0.15) is 5.01 Å². The molecule has 0 atom stereocenters. The minimum absolute atomic E-state index is 0.00641. The molecule has 0 aliphatic carbocycles. The Bertz CT molecular complexity index is 723. The molecule has 3 rings (SSSR count). The van der Waals surface area contributed by atoms with Crippen LogP contribution in [0.4, 0.5) is 0 Å². The first-order valence-corrected chi connectivity index (χ1v) is 8.71. The van der Waals surface area contributed by atoms with Crippen LogP contribution < -0.4 is 5.32 Å². The number of hydrogen-bond donors (Lipinski definition) is 1. The maximum absolute atomic E-state index is 11.9. The van der Waals surface area contributed by atoms with Crippen LogP contribution in [0.15, 0.2) is 47.4 Å². The normalized spacial score (nSPS) is 10.5. The highest BCUT2D eigenvalue weighted by Gasteiger charge is 2.09. The molecule has 0 spiro atoms. The number of amides is 1. The largest absolute Gasteiger partial charge is 0.355 e. The van der Waals surface area contributed by atoms with Crippen molar-refractivity contribution >= 4 is 28.6 Å². The molecule has 4 nitrogen and oxygen atoms in total. The van der Waals surface area contributed by atoms with E-state index in [1.54, 1.807) is 28.9 Å². The van der Waals surface area contributed by atoms with Gasteiger partial charge < -0.3 is 5.32 Å². The Kier molecular flexibility index (Phi) is 4.92. The molecule has 6 heteroatoms. The highest BCUT2D eigenvalue weighted by Crippen LogP contribution is 2.27. The van der Waals surface area contributed by atoms with Gasteiger partial charge in [-0.25, -0.2) is 4.98 Å². The predicted octanol–water partition coefficient (Wildman–Crippen LogP) is 3.17. The molecule has 0 aromatic carbocycles. The van der Waals surface area contributed by atoms with Gasteiger partial charge in [0.15, 0.2) is 0 Å². The summed E-state index contributed by atoms with van der Waals surface area (Å²) in [5, 5.41) is 7.89. The van der Waals surface area contributed by atoms with Crippen LogP contribution in [0.1, 0.15) is 11.3 Å². The van der Waals surface area contributed by atoms with Crippen LogP contribution in [0.25, 0.3) is 9.88 Å². The lowest BCUT2D eigenvalue weighted by Crippen LogP contribution is -2.27. The van der Waals surface area contributed by atoms with E-state index in [4.69, 9.17) is 0 Å². The van der Waals surface area contributed by atoms with Crippen molar-refractivity contribution < 1.29 is 4.79 Å². The van der Waals surface area contributed by atoms with Crippen molar-refractivity contribution in [3.05, 3.63) is 58.7 Å². The standard InChI is InChI=1S/C16H15N3OS2/c20-15(18-7-5-12-3-1-6-17-10-12)9-13-11-22-16(19-13)14-4-2-8-21-14/h1-4,6,8,10-11H,5,7,9H2,(H,18,20). The van der Waals surface area contributed by atoms with Crippen LogP contribution >= 0.6 is 22.7 Å². The maximum atomic E-state index is 11.9. The van der Waals surface area contributed by atoms with E-state index in [0.29, 0.717) is 13.0 Å². The van der Waals surface area contributed by atoms with Crippen molar-refractivity contribution in [2.75, 3.05) is 6.54 Å². The number of thiazole rings is 1. The van der Waals surface area contributed by atoms with E-state index in [0.717, 1.165) is 27.6 Å². The number of nitrogens with one attached hydrogen (secondary N) is 1. The zero-order valence-electron chi connectivity index (χ0n) is 11.9. The molecule has 112 valence electrons. The number of pyridine rings is 1. The van der Waals surface area contributed by atoms with Gasteiger partial charge in [-0.1, -0.05) is 12.1 Å². The van der Waals surface area contributed by atoms with E-state index in [1.165, 1.54) is 0 Å². The lowest BCUT2D eigenvalue weighted by atomic mass is 10.2. The van der Waals surface area contributed by atoms with Crippen LogP contribution in [0, 0.1) is 0 Å². The molecule has 1 N–H and O–H groups in total. The molecule has 0 unspecified atom stereocenters. The van der Waals surface area contributed by atoms with Gasteiger partial charge >= 0.3 is 0 Å². The molecule has 0 radical (unpaired) electrons. The minimum atomic E-state index is 0.00641. The summed E-state index contributed by atoms with van der Waals surface area (Å²) in [5.74, 6) is 0.00641. The summed E-state index contributed by atoms with van der Waals surface area (Å²) in [5.41, 5.74) is 1.95. The second-order valence-electron chi connectivity index (χ2n) is 4.76. The third-order valence-electron chi connectivity index (χ3n) is 3.08. The van der Waals surface area contributed by atoms with Crippen LogP contribution in [0.2, 0.25) is 0 Å². The first kappa shape index (κ1) is 14.9. The number of aromatic nitrogens is 2. The van der Waals surface area contributed by atoms with E-state index >= 15 is 0 Å². The zero-order valence-corrected chi connectivity index (χ0v) is 13.5. The van der Waals surface area contributed by atoms with E-state index in [-0.39, 0.29) is 5.91 Å². The number of carbonyl (C=O) groups is 1. The Labute approximate surface area is 136 Å². The molecule has 3 aromatic rings. The second kappa shape index (κ2) is 7.29. The highest BCUT2D eigenvalue weighted by atomic mass is 32.1. The molecular weight excluding hydrogens is 314 g/mol. The van der Waals surface area contributed by atoms with Gasteiger partial charge in [-0.2, -0.15) is 0 Å². The summed E-state index contributed by atoms with van der Waals surface area (Å²) in [4.78, 5) is 21.7. The minimum Gasteiger partial charge on any atom is -0.355 e. The Morgan fingerprint density at radius 2 is 2.18 bits per heavy atom. The van der Waals surface area contributed by atoms with Gasteiger partial charge in [0.2, 0.25) is 5.91 Å². The molecule has 3 aromatic heterocycles. The monoisotopic (exact) mass is 329 g/mol. The molecule has 0 bridgehead atoms. The summed E-state index contributed by atoms with van der Waals surface area (Å²) in [6, 6.07) is 7.96. The van der Waals surface area contributed by atoms with Crippen molar-refractivity contribution in [3.8, 4) is 9.88 Å². The van der Waals surface area contributed by atoms with Gasteiger partial charge in [0, 0.05) is 24.3 Å². The Morgan fingerprint density at radius 3 is 2.95 bits per heavy atom. The van der Waals surface area contributed by atoms with Crippen molar-refractivity contribution in [3.63, 3.8) is 0 Å². The molecular formula is C16H15N3OS2. The molecule has 1 amide bonds. The summed E-state index contributed by atoms with van der Waals surface area (Å²) < 4.78 is 0. The van der Waals surface area contributed by atoms with Crippen molar-refractivity contribution in [2.45, 2.75) is 12.8 Å². The maximum Gasteiger partial charge on any atom is 0.226 e. The van der Waals surface area contributed by atoms with Crippen molar-refractivity contribution in [1.29, 1.82) is 0 Å². The summed E-state index contributed by atoms with van der Waals surface area (Å²) in [6.45, 7) is 0.618. The summed E-state index contributed by atoms with van der Waals surface area (Å²) in [7, 11) is 0. The Balaban J connectivity index is 1.48. The second-order valence-corrected chi connectivity index (χ2v) is 6.57. The van der Waals surface area contributed by atoms with E-state index in [2.05, 4.69) is 15.3 Å².